The van der Waals surface area contributed by atoms with E-state index < -0.39 is 4.92 Å². The minimum atomic E-state index is -0.529. The number of non-ortho nitro benzene ring substituents is 1. The van der Waals surface area contributed by atoms with Crippen molar-refractivity contribution in [3.8, 4) is 22.4 Å². The highest BCUT2D eigenvalue weighted by molar-refractivity contribution is 5.87. The molecule has 4 aromatic rings. The summed E-state index contributed by atoms with van der Waals surface area (Å²) in [6.45, 7) is 0. The summed E-state index contributed by atoms with van der Waals surface area (Å²) < 4.78 is 3.14. The van der Waals surface area contributed by atoms with E-state index in [0.29, 0.717) is 22.3 Å². The fourth-order valence-electron chi connectivity index (χ4n) is 3.30. The van der Waals surface area contributed by atoms with E-state index in [1.54, 1.807) is 37.2 Å². The lowest BCUT2D eigenvalue weighted by atomic mass is 10.00. The zero-order valence-corrected chi connectivity index (χ0v) is 15.2. The van der Waals surface area contributed by atoms with Gasteiger partial charge < -0.3 is 5.73 Å². The number of aromatic nitrogens is 4. The summed E-state index contributed by atoms with van der Waals surface area (Å²) in [5.41, 5.74) is 9.11. The van der Waals surface area contributed by atoms with Crippen LogP contribution in [0.15, 0.2) is 53.6 Å². The number of anilines is 1. The number of nitro benzene ring substituents is 1. The van der Waals surface area contributed by atoms with Crippen molar-refractivity contribution in [3.63, 3.8) is 0 Å². The quantitative estimate of drug-likeness (QED) is 0.333. The van der Waals surface area contributed by atoms with Gasteiger partial charge in [0.05, 0.1) is 27.2 Å². The maximum absolute atomic E-state index is 12.9. The standard InChI is InChI=1S/C19H16N6O3/c1-23-18(11-3-4-15-16(9-11)22-6-5-21-15)17(19(26)24(23)2)12-7-13(20)10-14(8-12)25(27)28/h3-10H,20H2,1-2H3. The van der Waals surface area contributed by atoms with E-state index in [2.05, 4.69) is 9.97 Å². The van der Waals surface area contributed by atoms with Crippen molar-refractivity contribution in [2.75, 3.05) is 5.73 Å². The predicted molar refractivity (Wildman–Crippen MR) is 106 cm³/mol. The number of nitrogen functional groups attached to an aromatic ring is 1. The van der Waals surface area contributed by atoms with Crippen molar-refractivity contribution in [1.82, 2.24) is 19.3 Å². The van der Waals surface area contributed by atoms with Crippen LogP contribution in [0.1, 0.15) is 0 Å². The van der Waals surface area contributed by atoms with Gasteiger partial charge >= 0.3 is 0 Å². The van der Waals surface area contributed by atoms with Crippen LogP contribution in [0.3, 0.4) is 0 Å². The van der Waals surface area contributed by atoms with E-state index in [-0.39, 0.29) is 16.9 Å². The van der Waals surface area contributed by atoms with Crippen LogP contribution in [0.4, 0.5) is 11.4 Å². The first-order valence-corrected chi connectivity index (χ1v) is 8.39. The Morgan fingerprint density at radius 3 is 2.39 bits per heavy atom. The van der Waals surface area contributed by atoms with Gasteiger partial charge in [-0.2, -0.15) is 0 Å². The summed E-state index contributed by atoms with van der Waals surface area (Å²) >= 11 is 0. The Labute approximate surface area is 158 Å². The Bertz CT molecular complexity index is 1310. The molecule has 0 spiro atoms. The molecule has 0 saturated heterocycles. The highest BCUT2D eigenvalue weighted by Gasteiger charge is 2.22. The predicted octanol–water partition coefficient (Wildman–Crippen LogP) is 2.49. The van der Waals surface area contributed by atoms with Gasteiger partial charge in [-0.05, 0) is 23.8 Å². The van der Waals surface area contributed by atoms with Crippen molar-refractivity contribution >= 4 is 22.4 Å². The molecule has 28 heavy (non-hydrogen) atoms. The highest BCUT2D eigenvalue weighted by atomic mass is 16.6. The van der Waals surface area contributed by atoms with Gasteiger partial charge in [0.25, 0.3) is 11.2 Å². The molecule has 9 nitrogen and oxygen atoms in total. The van der Waals surface area contributed by atoms with Crippen molar-refractivity contribution < 1.29 is 4.92 Å². The second-order valence-corrected chi connectivity index (χ2v) is 6.41. The van der Waals surface area contributed by atoms with Crippen molar-refractivity contribution in [3.05, 3.63) is 69.3 Å². The van der Waals surface area contributed by atoms with Crippen LogP contribution in [0.25, 0.3) is 33.4 Å². The Hall–Kier alpha value is -4.01. The second kappa shape index (κ2) is 6.31. The van der Waals surface area contributed by atoms with E-state index in [4.69, 9.17) is 5.73 Å². The number of nitrogens with zero attached hydrogens (tertiary/aromatic N) is 5. The number of benzene rings is 2. The molecule has 0 radical (unpaired) electrons. The summed E-state index contributed by atoms with van der Waals surface area (Å²) in [6.07, 6.45) is 3.20. The third-order valence-electron chi connectivity index (χ3n) is 4.70. The molecule has 2 heterocycles. The fraction of sp³-hybridized carbons (Fsp3) is 0.105. The van der Waals surface area contributed by atoms with E-state index in [1.165, 1.54) is 16.8 Å². The minimum absolute atomic E-state index is 0.170. The molecule has 0 atom stereocenters. The maximum atomic E-state index is 12.9. The Morgan fingerprint density at radius 2 is 1.68 bits per heavy atom. The molecule has 2 aromatic heterocycles. The number of nitrogens with two attached hydrogens (primary N) is 1. The number of fused-ring (bicyclic) bond motifs is 1. The van der Waals surface area contributed by atoms with Gasteiger partial charge in [0, 0.05) is 49.9 Å². The van der Waals surface area contributed by atoms with Crippen molar-refractivity contribution in [1.29, 1.82) is 0 Å². The number of hydrogen-bond donors (Lipinski definition) is 1. The van der Waals surface area contributed by atoms with E-state index in [1.807, 2.05) is 18.2 Å². The molecule has 0 fully saturated rings. The van der Waals surface area contributed by atoms with E-state index >= 15 is 0 Å². The van der Waals surface area contributed by atoms with Crippen LogP contribution in [0.5, 0.6) is 0 Å². The van der Waals surface area contributed by atoms with Gasteiger partial charge in [-0.25, -0.2) is 0 Å². The fourth-order valence-corrected chi connectivity index (χ4v) is 3.30. The number of nitro groups is 1. The minimum Gasteiger partial charge on any atom is -0.399 e. The molecule has 4 rings (SSSR count). The summed E-state index contributed by atoms with van der Waals surface area (Å²) in [7, 11) is 3.39. The Balaban J connectivity index is 2.03. The SMILES string of the molecule is Cn1c(-c2ccc3nccnc3c2)c(-c2cc(N)cc([N+](=O)[O-])c2)c(=O)n1C. The number of hydrogen-bond acceptors (Lipinski definition) is 6. The molecule has 2 N–H and O–H groups in total. The van der Waals surface area contributed by atoms with Crippen LogP contribution >= 0.6 is 0 Å². The van der Waals surface area contributed by atoms with Crippen LogP contribution in [0, 0.1) is 10.1 Å². The first-order valence-electron chi connectivity index (χ1n) is 8.39. The molecule has 0 bridgehead atoms. The first-order chi connectivity index (χ1) is 13.4. The molecule has 2 aromatic carbocycles. The van der Waals surface area contributed by atoms with Crippen LogP contribution in [-0.2, 0) is 14.1 Å². The molecule has 0 saturated carbocycles. The highest BCUT2D eigenvalue weighted by Crippen LogP contribution is 2.33. The van der Waals surface area contributed by atoms with E-state index in [0.717, 1.165) is 11.1 Å². The third kappa shape index (κ3) is 2.69. The zero-order valence-electron chi connectivity index (χ0n) is 15.2. The molecule has 0 aliphatic heterocycles. The maximum Gasteiger partial charge on any atom is 0.274 e. The second-order valence-electron chi connectivity index (χ2n) is 6.41. The molecule has 0 aliphatic rings. The van der Waals surface area contributed by atoms with E-state index in [9.17, 15) is 14.9 Å². The summed E-state index contributed by atoms with van der Waals surface area (Å²) in [6, 6.07) is 9.69. The lowest BCUT2D eigenvalue weighted by molar-refractivity contribution is -0.384. The smallest absolute Gasteiger partial charge is 0.274 e. The summed E-state index contributed by atoms with van der Waals surface area (Å²) in [5.74, 6) is 0. The lowest BCUT2D eigenvalue weighted by Crippen LogP contribution is -2.17. The Kier molecular flexibility index (Phi) is 3.92. The molecular formula is C19H16N6O3. The largest absolute Gasteiger partial charge is 0.399 e. The summed E-state index contributed by atoms with van der Waals surface area (Å²) in [5, 5.41) is 11.2. The molecule has 0 amide bonds. The molecule has 140 valence electrons. The molecule has 9 heteroatoms. The third-order valence-corrected chi connectivity index (χ3v) is 4.70. The Morgan fingerprint density at radius 1 is 0.964 bits per heavy atom. The van der Waals surface area contributed by atoms with Gasteiger partial charge in [-0.1, -0.05) is 6.07 Å². The van der Waals surface area contributed by atoms with Crippen LogP contribution in [0.2, 0.25) is 0 Å². The monoisotopic (exact) mass is 376 g/mol. The average molecular weight is 376 g/mol. The van der Waals surface area contributed by atoms with Crippen molar-refractivity contribution in [2.24, 2.45) is 14.1 Å². The molecule has 0 aliphatic carbocycles. The number of rotatable bonds is 3. The van der Waals surface area contributed by atoms with Gasteiger partial charge in [-0.3, -0.25) is 34.2 Å². The lowest BCUT2D eigenvalue weighted by Gasteiger charge is -2.09. The van der Waals surface area contributed by atoms with Crippen LogP contribution < -0.4 is 11.3 Å². The van der Waals surface area contributed by atoms with Gasteiger partial charge in [-0.15, -0.1) is 0 Å². The molecule has 0 unspecified atom stereocenters. The normalized spacial score (nSPS) is 11.1. The van der Waals surface area contributed by atoms with Gasteiger partial charge in [0.15, 0.2) is 0 Å². The van der Waals surface area contributed by atoms with Gasteiger partial charge in [0.2, 0.25) is 0 Å². The van der Waals surface area contributed by atoms with Gasteiger partial charge in [0.1, 0.15) is 0 Å². The van der Waals surface area contributed by atoms with Crippen LogP contribution in [-0.4, -0.2) is 24.3 Å². The molecular weight excluding hydrogens is 360 g/mol. The first kappa shape index (κ1) is 17.4. The topological polar surface area (TPSA) is 122 Å². The zero-order chi connectivity index (χ0) is 20.0. The summed E-state index contributed by atoms with van der Waals surface area (Å²) in [4.78, 5) is 32.2. The van der Waals surface area contributed by atoms with Crippen molar-refractivity contribution in [2.45, 2.75) is 0 Å². The average Bonchev–Trinajstić information content (AvgIpc) is 2.91.